The lowest BCUT2D eigenvalue weighted by Crippen LogP contribution is -2.11. The van der Waals surface area contributed by atoms with Gasteiger partial charge >= 0.3 is 6.18 Å². The molecule has 0 saturated carbocycles. The summed E-state index contributed by atoms with van der Waals surface area (Å²) in [6.45, 7) is 1.64. The zero-order chi connectivity index (χ0) is 20.5. The van der Waals surface area contributed by atoms with E-state index >= 15 is 0 Å². The summed E-state index contributed by atoms with van der Waals surface area (Å²) < 4.78 is 55.3. The smallest absolute Gasteiger partial charge is 0.251 e. The number of thiazole rings is 1. The van der Waals surface area contributed by atoms with E-state index in [9.17, 15) is 17.4 Å². The molecule has 0 saturated heterocycles. The van der Waals surface area contributed by atoms with E-state index in [0.29, 0.717) is 21.4 Å². The molecule has 10 heteroatoms. The van der Waals surface area contributed by atoms with Crippen molar-refractivity contribution in [3.8, 4) is 11.3 Å². The zero-order valence-electron chi connectivity index (χ0n) is 14.8. The number of alkyl halides is 3. The first-order valence-electron chi connectivity index (χ1n) is 8.02. The van der Waals surface area contributed by atoms with Gasteiger partial charge in [-0.25, -0.2) is 9.19 Å². The maximum absolute atomic E-state index is 13.1. The second-order valence-corrected chi connectivity index (χ2v) is 9.98. The second-order valence-electron chi connectivity index (χ2n) is 6.09. The van der Waals surface area contributed by atoms with Crippen LogP contribution in [0.25, 0.3) is 11.3 Å². The maximum Gasteiger partial charge on any atom is 0.433 e. The fourth-order valence-corrected chi connectivity index (χ4v) is 4.81. The molecule has 2 unspecified atom stereocenters. The normalized spacial score (nSPS) is 15.1. The van der Waals surface area contributed by atoms with Gasteiger partial charge in [-0.2, -0.15) is 17.5 Å². The van der Waals surface area contributed by atoms with Crippen LogP contribution in [0.1, 0.15) is 23.4 Å². The summed E-state index contributed by atoms with van der Waals surface area (Å²) in [5.74, 6) is 0. The minimum atomic E-state index is -4.52. The van der Waals surface area contributed by atoms with Crippen molar-refractivity contribution in [2.75, 3.05) is 6.26 Å². The van der Waals surface area contributed by atoms with Crippen molar-refractivity contribution in [3.05, 3.63) is 64.3 Å². The minimum Gasteiger partial charge on any atom is -0.251 e. The lowest BCUT2D eigenvalue weighted by atomic mass is 10.2. The molecule has 2 heterocycles. The molecule has 0 aliphatic rings. The molecule has 0 fully saturated rings. The number of benzene rings is 1. The second kappa shape index (κ2) is 7.81. The molecule has 0 N–H and O–H groups in total. The summed E-state index contributed by atoms with van der Waals surface area (Å²) >= 11 is 7.12. The number of hydrogen-bond acceptors (Lipinski definition) is 5. The average Bonchev–Trinajstić information content (AvgIpc) is 3.08. The van der Waals surface area contributed by atoms with Gasteiger partial charge in [0.05, 0.1) is 20.7 Å². The molecule has 2 atom stereocenters. The van der Waals surface area contributed by atoms with Gasteiger partial charge in [0.15, 0.2) is 0 Å². The van der Waals surface area contributed by atoms with Crippen LogP contribution in [-0.4, -0.2) is 20.4 Å². The van der Waals surface area contributed by atoms with Crippen LogP contribution in [0.3, 0.4) is 0 Å². The summed E-state index contributed by atoms with van der Waals surface area (Å²) in [5.41, 5.74) is 0.957. The van der Waals surface area contributed by atoms with Crippen LogP contribution in [-0.2, 0) is 15.9 Å². The average molecular weight is 446 g/mol. The highest BCUT2D eigenvalue weighted by atomic mass is 35.5. The molecule has 28 heavy (non-hydrogen) atoms. The first-order chi connectivity index (χ1) is 13.1. The molecule has 3 aromatic rings. The summed E-state index contributed by atoms with van der Waals surface area (Å²) in [5, 5.41) is 2.12. The fourth-order valence-electron chi connectivity index (χ4n) is 2.36. The molecular formula is C18H15ClF3N3OS2. The van der Waals surface area contributed by atoms with Gasteiger partial charge in [-0.05, 0) is 30.7 Å². The van der Waals surface area contributed by atoms with Crippen LogP contribution < -0.4 is 0 Å². The van der Waals surface area contributed by atoms with Crippen LogP contribution in [0.4, 0.5) is 18.3 Å². The molecule has 2 aromatic heterocycles. The van der Waals surface area contributed by atoms with E-state index < -0.39 is 26.8 Å². The van der Waals surface area contributed by atoms with Crippen LogP contribution in [0.15, 0.2) is 52.3 Å². The molecule has 0 amide bonds. The van der Waals surface area contributed by atoms with E-state index in [4.69, 9.17) is 11.6 Å². The third kappa shape index (κ3) is 4.71. The SMILES string of the molecule is CC(c1ccc(C(F)(F)F)nc1)S(C)(=O)=Nc1nc(-c2ccc(Cl)cc2)cs1. The van der Waals surface area contributed by atoms with E-state index in [0.717, 1.165) is 17.8 Å². The lowest BCUT2D eigenvalue weighted by Gasteiger charge is -2.14. The summed E-state index contributed by atoms with van der Waals surface area (Å²) in [6.07, 6.45) is -1.97. The number of rotatable bonds is 4. The summed E-state index contributed by atoms with van der Waals surface area (Å²) in [7, 11) is -2.81. The van der Waals surface area contributed by atoms with Gasteiger partial charge in [0, 0.05) is 28.4 Å². The molecule has 0 aliphatic carbocycles. The Morgan fingerprint density at radius 3 is 2.43 bits per heavy atom. The molecule has 3 rings (SSSR count). The van der Waals surface area contributed by atoms with Gasteiger partial charge in [0.2, 0.25) is 5.13 Å². The van der Waals surface area contributed by atoms with Crippen molar-refractivity contribution in [2.45, 2.75) is 18.3 Å². The summed E-state index contributed by atoms with van der Waals surface area (Å²) in [6, 6.07) is 9.29. The first kappa shape index (κ1) is 20.8. The van der Waals surface area contributed by atoms with E-state index in [1.165, 1.54) is 23.7 Å². The van der Waals surface area contributed by atoms with Crippen LogP contribution in [0, 0.1) is 0 Å². The molecule has 0 bridgehead atoms. The Morgan fingerprint density at radius 2 is 1.86 bits per heavy atom. The largest absolute Gasteiger partial charge is 0.433 e. The maximum atomic E-state index is 13.1. The van der Waals surface area contributed by atoms with Gasteiger partial charge < -0.3 is 0 Å². The molecule has 0 spiro atoms. The molecule has 4 nitrogen and oxygen atoms in total. The number of halogens is 4. The van der Waals surface area contributed by atoms with Crippen molar-refractivity contribution in [3.63, 3.8) is 0 Å². The van der Waals surface area contributed by atoms with Crippen LogP contribution >= 0.6 is 22.9 Å². The zero-order valence-corrected chi connectivity index (χ0v) is 17.2. The highest BCUT2D eigenvalue weighted by molar-refractivity contribution is 7.93. The number of aromatic nitrogens is 2. The van der Waals surface area contributed by atoms with E-state index in [1.54, 1.807) is 24.4 Å². The number of pyridine rings is 1. The van der Waals surface area contributed by atoms with E-state index in [1.807, 2.05) is 12.1 Å². The Balaban J connectivity index is 1.86. The first-order valence-corrected chi connectivity index (χ1v) is 11.3. The van der Waals surface area contributed by atoms with Gasteiger partial charge in [0.25, 0.3) is 0 Å². The van der Waals surface area contributed by atoms with Crippen molar-refractivity contribution >= 4 is 37.8 Å². The Morgan fingerprint density at radius 1 is 1.18 bits per heavy atom. The quantitative estimate of drug-likeness (QED) is 0.469. The minimum absolute atomic E-state index is 0.337. The van der Waals surface area contributed by atoms with Gasteiger partial charge in [-0.1, -0.05) is 29.8 Å². The molecule has 1 aromatic carbocycles. The Bertz CT molecular complexity index is 1090. The topological polar surface area (TPSA) is 55.2 Å². The molecule has 0 radical (unpaired) electrons. The molecular weight excluding hydrogens is 431 g/mol. The van der Waals surface area contributed by atoms with E-state index in [2.05, 4.69) is 14.3 Å². The monoisotopic (exact) mass is 445 g/mol. The fraction of sp³-hybridized carbons (Fsp3) is 0.222. The van der Waals surface area contributed by atoms with Crippen molar-refractivity contribution in [1.29, 1.82) is 0 Å². The Hall–Kier alpha value is -1.97. The third-order valence-electron chi connectivity index (χ3n) is 4.09. The highest BCUT2D eigenvalue weighted by Gasteiger charge is 2.32. The van der Waals surface area contributed by atoms with Gasteiger partial charge in [-0.3, -0.25) is 4.98 Å². The predicted molar refractivity (Wildman–Crippen MR) is 106 cm³/mol. The molecule has 148 valence electrons. The Labute approximate surface area is 169 Å². The van der Waals surface area contributed by atoms with Crippen LogP contribution in [0.5, 0.6) is 0 Å². The van der Waals surface area contributed by atoms with Crippen molar-refractivity contribution in [1.82, 2.24) is 9.97 Å². The number of nitrogens with zero attached hydrogens (tertiary/aromatic N) is 3. The van der Waals surface area contributed by atoms with Crippen molar-refractivity contribution in [2.24, 2.45) is 4.36 Å². The predicted octanol–water partition coefficient (Wildman–Crippen LogP) is 6.37. The Kier molecular flexibility index (Phi) is 5.79. The number of hydrogen-bond donors (Lipinski definition) is 0. The highest BCUT2D eigenvalue weighted by Crippen LogP contribution is 2.32. The third-order valence-corrected chi connectivity index (χ3v) is 7.32. The standard InChI is InChI=1S/C18H15ClF3N3OS2/c1-11(13-5-8-16(23-9-13)18(20,21)22)28(2,26)25-17-24-15(10-27-17)12-3-6-14(19)7-4-12/h3-11H,1-2H3. The summed E-state index contributed by atoms with van der Waals surface area (Å²) in [4.78, 5) is 7.81. The van der Waals surface area contributed by atoms with E-state index in [-0.39, 0.29) is 0 Å². The van der Waals surface area contributed by atoms with Crippen molar-refractivity contribution < 1.29 is 17.4 Å². The molecule has 0 aliphatic heterocycles. The lowest BCUT2D eigenvalue weighted by molar-refractivity contribution is -0.141. The van der Waals surface area contributed by atoms with Gasteiger partial charge in [0.1, 0.15) is 5.69 Å². The van der Waals surface area contributed by atoms with Crippen LogP contribution in [0.2, 0.25) is 5.02 Å². The van der Waals surface area contributed by atoms with Gasteiger partial charge in [-0.15, -0.1) is 11.3 Å².